The van der Waals surface area contributed by atoms with Gasteiger partial charge in [-0.1, -0.05) is 48.0 Å². The minimum Gasteiger partial charge on any atom is -0.461 e. The number of rotatable bonds is 6. The molecule has 6 atom stereocenters. The molecule has 2 saturated carbocycles. The second-order valence-electron chi connectivity index (χ2n) is 7.78. The third-order valence-electron chi connectivity index (χ3n) is 6.40. The van der Waals surface area contributed by atoms with Crippen molar-refractivity contribution in [2.24, 2.45) is 23.7 Å². The van der Waals surface area contributed by atoms with Crippen molar-refractivity contribution in [1.29, 1.82) is 0 Å². The summed E-state index contributed by atoms with van der Waals surface area (Å²) in [5.41, 5.74) is 2.90. The van der Waals surface area contributed by atoms with Gasteiger partial charge in [-0.25, -0.2) is 0 Å². The largest absolute Gasteiger partial charge is 0.461 e. The van der Waals surface area contributed by atoms with Crippen molar-refractivity contribution in [3.05, 3.63) is 29.3 Å². The Bertz CT molecular complexity index is 803. The zero-order chi connectivity index (χ0) is 20.0. The van der Waals surface area contributed by atoms with Crippen molar-refractivity contribution in [1.82, 2.24) is 0 Å². The number of alkyl halides is 1. The fraction of sp³-hybridized carbons (Fsp3) is 0.571. The number of para-hydroxylation sites is 1. The Labute approximate surface area is 172 Å². The molecule has 1 heterocycles. The number of amides is 1. The molecule has 0 radical (unpaired) electrons. The van der Waals surface area contributed by atoms with Crippen LogP contribution in [0.1, 0.15) is 31.4 Å². The fourth-order valence-corrected chi connectivity index (χ4v) is 6.15. The van der Waals surface area contributed by atoms with E-state index in [4.69, 9.17) is 9.47 Å². The molecule has 3 fully saturated rings. The summed E-state index contributed by atoms with van der Waals surface area (Å²) in [6.45, 7) is 3.71. The maximum Gasteiger partial charge on any atom is 0.310 e. The monoisotopic (exact) mass is 449 g/mol. The van der Waals surface area contributed by atoms with Gasteiger partial charge in [-0.05, 0) is 36.3 Å². The Morgan fingerprint density at radius 3 is 2.54 bits per heavy atom. The van der Waals surface area contributed by atoms with Gasteiger partial charge in [0.2, 0.25) is 0 Å². The summed E-state index contributed by atoms with van der Waals surface area (Å²) in [5, 5.41) is 2.89. The SMILES string of the molecule is CCc1cccc(CC)c1NC(=O)COC(=O)[C@@H]1[C@H]2C[C@H]3[C@H](OC(=O)[C@@H]31)[C@@H]2Br. The van der Waals surface area contributed by atoms with Crippen LogP contribution in [0.4, 0.5) is 5.69 Å². The number of anilines is 1. The molecule has 3 aliphatic rings. The number of halogens is 1. The van der Waals surface area contributed by atoms with Crippen LogP contribution in [-0.2, 0) is 36.7 Å². The van der Waals surface area contributed by atoms with Gasteiger partial charge >= 0.3 is 11.9 Å². The van der Waals surface area contributed by atoms with Gasteiger partial charge in [-0.2, -0.15) is 0 Å². The Morgan fingerprint density at radius 2 is 1.89 bits per heavy atom. The quantitative estimate of drug-likeness (QED) is 0.533. The first-order valence-corrected chi connectivity index (χ1v) is 10.8. The van der Waals surface area contributed by atoms with Gasteiger partial charge in [0.1, 0.15) is 6.10 Å². The van der Waals surface area contributed by atoms with Crippen LogP contribution in [0, 0.1) is 23.7 Å². The third kappa shape index (κ3) is 3.04. The number of benzene rings is 1. The number of hydrogen-bond donors (Lipinski definition) is 1. The summed E-state index contributed by atoms with van der Waals surface area (Å²) in [7, 11) is 0. The minimum absolute atomic E-state index is 0.0184. The van der Waals surface area contributed by atoms with Crippen LogP contribution in [0.15, 0.2) is 18.2 Å². The van der Waals surface area contributed by atoms with Gasteiger partial charge in [0.05, 0.1) is 16.7 Å². The smallest absolute Gasteiger partial charge is 0.310 e. The van der Waals surface area contributed by atoms with E-state index in [2.05, 4.69) is 21.2 Å². The Hall–Kier alpha value is -1.89. The fourth-order valence-electron chi connectivity index (χ4n) is 5.11. The first-order valence-electron chi connectivity index (χ1n) is 9.88. The summed E-state index contributed by atoms with van der Waals surface area (Å²) in [6, 6.07) is 5.94. The van der Waals surface area contributed by atoms with Crippen molar-refractivity contribution >= 4 is 39.5 Å². The lowest BCUT2D eigenvalue weighted by atomic mass is 9.80. The highest BCUT2D eigenvalue weighted by atomic mass is 79.9. The zero-order valence-electron chi connectivity index (χ0n) is 15.9. The Kier molecular flexibility index (Phi) is 5.21. The molecule has 1 amide bonds. The number of aryl methyl sites for hydroxylation is 2. The van der Waals surface area contributed by atoms with Crippen LogP contribution < -0.4 is 5.32 Å². The van der Waals surface area contributed by atoms with Crippen molar-refractivity contribution in [3.63, 3.8) is 0 Å². The van der Waals surface area contributed by atoms with E-state index in [1.807, 2.05) is 32.0 Å². The lowest BCUT2D eigenvalue weighted by Gasteiger charge is -2.26. The molecule has 4 rings (SSSR count). The van der Waals surface area contributed by atoms with E-state index in [0.29, 0.717) is 0 Å². The minimum atomic E-state index is -0.525. The number of carbonyl (C=O) groups excluding carboxylic acids is 3. The molecule has 0 aromatic heterocycles. The molecule has 150 valence electrons. The van der Waals surface area contributed by atoms with E-state index >= 15 is 0 Å². The summed E-state index contributed by atoms with van der Waals surface area (Å²) >= 11 is 3.58. The van der Waals surface area contributed by atoms with E-state index in [-0.39, 0.29) is 41.3 Å². The molecule has 2 bridgehead atoms. The molecule has 1 N–H and O–H groups in total. The zero-order valence-corrected chi connectivity index (χ0v) is 17.5. The third-order valence-corrected chi connectivity index (χ3v) is 7.60. The number of hydrogen-bond acceptors (Lipinski definition) is 5. The lowest BCUT2D eigenvalue weighted by Crippen LogP contribution is -2.39. The van der Waals surface area contributed by atoms with Gasteiger partial charge in [0.25, 0.3) is 5.91 Å². The second-order valence-corrected chi connectivity index (χ2v) is 8.83. The maximum absolute atomic E-state index is 12.7. The molecule has 1 aliphatic heterocycles. The van der Waals surface area contributed by atoms with E-state index in [0.717, 1.165) is 36.1 Å². The van der Waals surface area contributed by atoms with E-state index in [1.54, 1.807) is 0 Å². The van der Waals surface area contributed by atoms with Crippen molar-refractivity contribution in [3.8, 4) is 0 Å². The van der Waals surface area contributed by atoms with Crippen LogP contribution in [0.25, 0.3) is 0 Å². The molecule has 7 heteroatoms. The number of carbonyl (C=O) groups is 3. The first-order chi connectivity index (χ1) is 13.5. The summed E-state index contributed by atoms with van der Waals surface area (Å²) in [5.74, 6) is -2.00. The molecule has 6 nitrogen and oxygen atoms in total. The summed E-state index contributed by atoms with van der Waals surface area (Å²) in [6.07, 6.45) is 2.25. The van der Waals surface area contributed by atoms with Gasteiger partial charge in [0, 0.05) is 11.6 Å². The molecule has 0 unspecified atom stereocenters. The Morgan fingerprint density at radius 1 is 1.21 bits per heavy atom. The average molecular weight is 450 g/mol. The molecule has 1 aromatic rings. The molecule has 1 aromatic carbocycles. The number of fused-ring (bicyclic) bond motifs is 1. The van der Waals surface area contributed by atoms with Gasteiger partial charge < -0.3 is 14.8 Å². The molecule has 28 heavy (non-hydrogen) atoms. The molecule has 1 saturated heterocycles. The van der Waals surface area contributed by atoms with Crippen LogP contribution in [0.2, 0.25) is 0 Å². The highest BCUT2D eigenvalue weighted by Crippen LogP contribution is 2.60. The lowest BCUT2D eigenvalue weighted by molar-refractivity contribution is -0.157. The topological polar surface area (TPSA) is 81.7 Å². The number of esters is 2. The van der Waals surface area contributed by atoms with Crippen LogP contribution >= 0.6 is 15.9 Å². The normalized spacial score (nSPS) is 32.3. The molecular formula is C21H24BrNO5. The highest BCUT2D eigenvalue weighted by Gasteiger charge is 2.68. The van der Waals surface area contributed by atoms with Crippen molar-refractivity contribution in [2.45, 2.75) is 44.0 Å². The predicted molar refractivity (Wildman–Crippen MR) is 106 cm³/mol. The first kappa shape index (κ1) is 19.4. The van der Waals surface area contributed by atoms with E-state index in [1.165, 1.54) is 0 Å². The van der Waals surface area contributed by atoms with Crippen LogP contribution in [0.3, 0.4) is 0 Å². The molecule has 2 aliphatic carbocycles. The molecule has 0 spiro atoms. The average Bonchev–Trinajstić information content (AvgIpc) is 3.30. The van der Waals surface area contributed by atoms with Crippen molar-refractivity contribution in [2.75, 3.05) is 11.9 Å². The summed E-state index contributed by atoms with van der Waals surface area (Å²) in [4.78, 5) is 37.2. The van der Waals surface area contributed by atoms with Gasteiger partial charge in [-0.15, -0.1) is 0 Å². The van der Waals surface area contributed by atoms with Gasteiger partial charge in [0.15, 0.2) is 6.61 Å². The van der Waals surface area contributed by atoms with Crippen molar-refractivity contribution < 1.29 is 23.9 Å². The van der Waals surface area contributed by atoms with E-state index < -0.39 is 17.8 Å². The van der Waals surface area contributed by atoms with E-state index in [9.17, 15) is 14.4 Å². The summed E-state index contributed by atoms with van der Waals surface area (Å²) < 4.78 is 10.7. The Balaban J connectivity index is 1.40. The van der Waals surface area contributed by atoms with Crippen LogP contribution in [0.5, 0.6) is 0 Å². The van der Waals surface area contributed by atoms with Crippen LogP contribution in [-0.4, -0.2) is 35.4 Å². The predicted octanol–water partition coefficient (Wildman–Crippen LogP) is 2.86. The molecular weight excluding hydrogens is 426 g/mol. The number of nitrogens with one attached hydrogen (secondary N) is 1. The van der Waals surface area contributed by atoms with Gasteiger partial charge in [-0.3, -0.25) is 14.4 Å². The highest BCUT2D eigenvalue weighted by molar-refractivity contribution is 9.09. The number of ether oxygens (including phenoxy) is 2. The maximum atomic E-state index is 12.7. The standard InChI is InChI=1S/C21H24BrNO5/c1-3-10-6-5-7-11(4-2)18(10)23-14(24)9-27-20(25)15-12-8-13-16(15)21(26)28-19(13)17(12)22/h5-7,12-13,15-17,19H,3-4,8-9H2,1-2H3,(H,23,24)/t12-,13-,15-,16+,17-,19+/m1/s1. The second kappa shape index (κ2) is 7.50.